The van der Waals surface area contributed by atoms with E-state index in [4.69, 9.17) is 0 Å². The lowest BCUT2D eigenvalue weighted by molar-refractivity contribution is 1.02. The second-order valence-electron chi connectivity index (χ2n) is 8.32. The number of nitrogens with zero attached hydrogens (tertiary/aromatic N) is 1. The Hall–Kier alpha value is -3.62. The summed E-state index contributed by atoms with van der Waals surface area (Å²) in [5.74, 6) is 0. The van der Waals surface area contributed by atoms with Gasteiger partial charge in [0.2, 0.25) is 0 Å². The van der Waals surface area contributed by atoms with Gasteiger partial charge in [0, 0.05) is 49.0 Å². The maximum Gasteiger partial charge on any atom is 0.0495 e. The Morgan fingerprint density at radius 1 is 0.516 bits per heavy atom. The first kappa shape index (κ1) is 17.1. The quantitative estimate of drug-likeness (QED) is 0.254. The summed E-state index contributed by atoms with van der Waals surface area (Å²) in [6.07, 6.45) is 0. The number of hydrogen-bond acceptors (Lipinski definition) is 1. The average Bonchev–Trinajstić information content (AvgIpc) is 3.32. The standard InChI is InChI=1S/C29H19NS/c1-30-26-13-11-20(15-24(26)25-14-18-6-2-3-7-19(18)16-27(25)30)21-10-12-23-22-8-4-5-9-28(22)31-29(23)17-21/h2-17H,1H3. The fraction of sp³-hybridized carbons (Fsp3) is 0.0345. The molecule has 0 unspecified atom stereocenters. The molecule has 146 valence electrons. The van der Waals surface area contributed by atoms with E-state index in [1.54, 1.807) is 0 Å². The van der Waals surface area contributed by atoms with E-state index in [2.05, 4.69) is 109 Å². The smallest absolute Gasteiger partial charge is 0.0495 e. The first-order chi connectivity index (χ1) is 15.3. The number of benzene rings is 5. The van der Waals surface area contributed by atoms with E-state index in [0.29, 0.717) is 0 Å². The number of fused-ring (bicyclic) bond motifs is 7. The molecule has 0 spiro atoms. The fourth-order valence-corrected chi connectivity index (χ4v) is 6.13. The molecule has 0 N–H and O–H groups in total. The molecule has 0 radical (unpaired) electrons. The zero-order valence-corrected chi connectivity index (χ0v) is 17.9. The number of rotatable bonds is 1. The first-order valence-electron chi connectivity index (χ1n) is 10.6. The number of hydrogen-bond donors (Lipinski definition) is 0. The predicted octanol–water partition coefficient (Wildman–Crippen LogP) is 8.52. The molecule has 2 aromatic heterocycles. The summed E-state index contributed by atoms with van der Waals surface area (Å²) in [6, 6.07) is 35.7. The normalized spacial score (nSPS) is 12.0. The Labute approximate surface area is 183 Å². The van der Waals surface area contributed by atoms with Crippen LogP contribution in [0.4, 0.5) is 0 Å². The van der Waals surface area contributed by atoms with Crippen LogP contribution in [0.25, 0.3) is 63.9 Å². The van der Waals surface area contributed by atoms with Gasteiger partial charge in [0.25, 0.3) is 0 Å². The third-order valence-electron chi connectivity index (χ3n) is 6.59. The van der Waals surface area contributed by atoms with Crippen molar-refractivity contribution in [3.05, 3.63) is 97.1 Å². The van der Waals surface area contributed by atoms with Gasteiger partial charge in [-0.3, -0.25) is 0 Å². The van der Waals surface area contributed by atoms with Gasteiger partial charge in [-0.15, -0.1) is 11.3 Å². The molecule has 31 heavy (non-hydrogen) atoms. The minimum absolute atomic E-state index is 1.27. The lowest BCUT2D eigenvalue weighted by Crippen LogP contribution is -1.86. The molecule has 5 aromatic carbocycles. The van der Waals surface area contributed by atoms with Gasteiger partial charge < -0.3 is 4.57 Å². The third-order valence-corrected chi connectivity index (χ3v) is 7.72. The molecule has 1 nitrogen and oxygen atoms in total. The van der Waals surface area contributed by atoms with E-state index in [0.717, 1.165) is 0 Å². The maximum atomic E-state index is 2.36. The lowest BCUT2D eigenvalue weighted by atomic mass is 10.0. The van der Waals surface area contributed by atoms with Gasteiger partial charge in [-0.25, -0.2) is 0 Å². The second-order valence-corrected chi connectivity index (χ2v) is 9.40. The summed E-state index contributed by atoms with van der Waals surface area (Å²) in [5, 5.41) is 7.92. The lowest BCUT2D eigenvalue weighted by Gasteiger charge is -2.04. The van der Waals surface area contributed by atoms with E-state index >= 15 is 0 Å². The largest absolute Gasteiger partial charge is 0.344 e. The topological polar surface area (TPSA) is 4.93 Å². The van der Waals surface area contributed by atoms with Crippen molar-refractivity contribution in [1.29, 1.82) is 0 Å². The van der Waals surface area contributed by atoms with E-state index in [9.17, 15) is 0 Å². The first-order valence-corrected chi connectivity index (χ1v) is 11.4. The number of aryl methyl sites for hydroxylation is 1. The molecule has 0 amide bonds. The van der Waals surface area contributed by atoms with Crippen molar-refractivity contribution in [2.24, 2.45) is 7.05 Å². The van der Waals surface area contributed by atoms with Crippen molar-refractivity contribution in [2.75, 3.05) is 0 Å². The highest BCUT2D eigenvalue weighted by Crippen LogP contribution is 2.38. The van der Waals surface area contributed by atoms with Crippen molar-refractivity contribution in [3.63, 3.8) is 0 Å². The third kappa shape index (κ3) is 2.43. The van der Waals surface area contributed by atoms with Crippen LogP contribution < -0.4 is 0 Å². The predicted molar refractivity (Wildman–Crippen MR) is 136 cm³/mol. The van der Waals surface area contributed by atoms with Gasteiger partial charge in [0.15, 0.2) is 0 Å². The van der Waals surface area contributed by atoms with Gasteiger partial charge in [0.1, 0.15) is 0 Å². The molecule has 0 fully saturated rings. The number of thiophene rings is 1. The van der Waals surface area contributed by atoms with Crippen LogP contribution >= 0.6 is 11.3 Å². The molecular formula is C29H19NS. The minimum Gasteiger partial charge on any atom is -0.344 e. The highest BCUT2D eigenvalue weighted by Gasteiger charge is 2.12. The van der Waals surface area contributed by atoms with Crippen molar-refractivity contribution in [3.8, 4) is 11.1 Å². The van der Waals surface area contributed by atoms with Crippen LogP contribution in [0.3, 0.4) is 0 Å². The molecule has 0 saturated carbocycles. The fourth-order valence-electron chi connectivity index (χ4n) is 4.98. The zero-order chi connectivity index (χ0) is 20.5. The van der Waals surface area contributed by atoms with Gasteiger partial charge >= 0.3 is 0 Å². The highest BCUT2D eigenvalue weighted by atomic mass is 32.1. The van der Waals surface area contributed by atoms with E-state index in [1.807, 2.05) is 11.3 Å². The molecular weight excluding hydrogens is 394 g/mol. The summed E-state index contributed by atoms with van der Waals surface area (Å²) >= 11 is 1.88. The van der Waals surface area contributed by atoms with Gasteiger partial charge in [0.05, 0.1) is 0 Å². The number of aromatic nitrogens is 1. The molecule has 7 aromatic rings. The van der Waals surface area contributed by atoms with E-state index in [-0.39, 0.29) is 0 Å². The molecule has 2 heteroatoms. The SMILES string of the molecule is Cn1c2ccc(-c3ccc4c(c3)sc3ccccc34)cc2c2cc3ccccc3cc21. The minimum atomic E-state index is 1.27. The molecule has 0 aliphatic rings. The molecule has 2 heterocycles. The van der Waals surface area contributed by atoms with Crippen LogP contribution in [-0.4, -0.2) is 4.57 Å². The van der Waals surface area contributed by atoms with Crippen LogP contribution in [0, 0.1) is 0 Å². The molecule has 0 saturated heterocycles. The summed E-state index contributed by atoms with van der Waals surface area (Å²) in [4.78, 5) is 0. The van der Waals surface area contributed by atoms with Crippen molar-refractivity contribution < 1.29 is 0 Å². The highest BCUT2D eigenvalue weighted by molar-refractivity contribution is 7.25. The summed E-state index contributed by atoms with van der Waals surface area (Å²) < 4.78 is 5.02. The Kier molecular flexibility index (Phi) is 3.42. The monoisotopic (exact) mass is 413 g/mol. The van der Waals surface area contributed by atoms with E-state index < -0.39 is 0 Å². The van der Waals surface area contributed by atoms with Gasteiger partial charge in [-0.2, -0.15) is 0 Å². The summed E-state index contributed by atoms with van der Waals surface area (Å²) in [6.45, 7) is 0. The molecule has 0 atom stereocenters. The zero-order valence-electron chi connectivity index (χ0n) is 17.1. The van der Waals surface area contributed by atoms with E-state index in [1.165, 1.54) is 63.9 Å². The van der Waals surface area contributed by atoms with Gasteiger partial charge in [-0.05, 0) is 58.3 Å². The molecule has 7 rings (SSSR count). The van der Waals surface area contributed by atoms with Crippen molar-refractivity contribution >= 4 is 64.1 Å². The molecule has 0 bridgehead atoms. The van der Waals surface area contributed by atoms with Crippen molar-refractivity contribution in [1.82, 2.24) is 4.57 Å². The van der Waals surface area contributed by atoms with Crippen LogP contribution in [0.5, 0.6) is 0 Å². The van der Waals surface area contributed by atoms with Crippen LogP contribution in [-0.2, 0) is 7.05 Å². The summed E-state index contributed by atoms with van der Waals surface area (Å²) in [5.41, 5.74) is 5.11. The summed E-state index contributed by atoms with van der Waals surface area (Å²) in [7, 11) is 2.17. The van der Waals surface area contributed by atoms with Crippen LogP contribution in [0.1, 0.15) is 0 Å². The Balaban J connectivity index is 1.48. The van der Waals surface area contributed by atoms with Gasteiger partial charge in [-0.1, -0.05) is 60.7 Å². The molecule has 0 aliphatic heterocycles. The molecule has 0 aliphatic carbocycles. The van der Waals surface area contributed by atoms with Crippen LogP contribution in [0.2, 0.25) is 0 Å². The average molecular weight is 414 g/mol. The Morgan fingerprint density at radius 3 is 2.10 bits per heavy atom. The second kappa shape index (κ2) is 6.19. The Bertz CT molecular complexity index is 1800. The van der Waals surface area contributed by atoms with Crippen LogP contribution in [0.15, 0.2) is 97.1 Å². The van der Waals surface area contributed by atoms with Crippen molar-refractivity contribution in [2.45, 2.75) is 0 Å². The maximum absolute atomic E-state index is 2.36. The Morgan fingerprint density at radius 2 is 1.19 bits per heavy atom.